The average molecular weight is 290 g/mol. The first-order valence-electron chi connectivity index (χ1n) is 6.35. The molecule has 0 atom stereocenters. The van der Waals surface area contributed by atoms with Crippen LogP contribution in [-0.4, -0.2) is 35.2 Å². The molecule has 0 spiro atoms. The van der Waals surface area contributed by atoms with Crippen LogP contribution >= 0.6 is 0 Å². The van der Waals surface area contributed by atoms with E-state index in [2.05, 4.69) is 4.74 Å². The van der Waals surface area contributed by atoms with Crippen LogP contribution in [0, 0.1) is 0 Å². The largest absolute Gasteiger partial charge is 0.452 e. The molecule has 1 saturated heterocycles. The van der Waals surface area contributed by atoms with E-state index in [1.807, 2.05) is 0 Å². The van der Waals surface area contributed by atoms with E-state index in [9.17, 15) is 19.2 Å². The Morgan fingerprint density at radius 1 is 1.10 bits per heavy atom. The van der Waals surface area contributed by atoms with E-state index in [1.165, 1.54) is 17.0 Å². The minimum atomic E-state index is -0.731. The summed E-state index contributed by atoms with van der Waals surface area (Å²) in [5.41, 5.74) is 5.86. The number of esters is 1. The fourth-order valence-corrected chi connectivity index (χ4v) is 1.95. The highest BCUT2D eigenvalue weighted by atomic mass is 16.5. The number of ether oxygens (including phenoxy) is 1. The minimum Gasteiger partial charge on any atom is -0.452 e. The van der Waals surface area contributed by atoms with E-state index < -0.39 is 18.5 Å². The number of amides is 3. The van der Waals surface area contributed by atoms with Crippen LogP contribution in [0.5, 0.6) is 0 Å². The van der Waals surface area contributed by atoms with Gasteiger partial charge in [-0.1, -0.05) is 12.1 Å². The van der Waals surface area contributed by atoms with Crippen LogP contribution in [0.3, 0.4) is 0 Å². The van der Waals surface area contributed by atoms with E-state index in [0.717, 1.165) is 5.56 Å². The van der Waals surface area contributed by atoms with Crippen LogP contribution < -0.4 is 5.73 Å². The number of rotatable bonds is 5. The minimum absolute atomic E-state index is 0.189. The summed E-state index contributed by atoms with van der Waals surface area (Å²) in [7, 11) is 0. The van der Waals surface area contributed by atoms with Gasteiger partial charge in [0.1, 0.15) is 0 Å². The number of carbonyl (C=O) groups excluding carboxylic acids is 4. The maximum absolute atomic E-state index is 11.6. The Kier molecular flexibility index (Phi) is 4.32. The lowest BCUT2D eigenvalue weighted by Gasteiger charge is -2.13. The fraction of sp³-hybridized carbons (Fsp3) is 0.286. The van der Waals surface area contributed by atoms with Gasteiger partial charge in [-0.15, -0.1) is 0 Å². The molecular formula is C14H14N2O5. The second kappa shape index (κ2) is 6.17. The Morgan fingerprint density at radius 3 is 2.19 bits per heavy atom. The summed E-state index contributed by atoms with van der Waals surface area (Å²) in [4.78, 5) is 46.3. The van der Waals surface area contributed by atoms with Gasteiger partial charge in [-0.3, -0.25) is 19.3 Å². The van der Waals surface area contributed by atoms with Crippen molar-refractivity contribution in [3.8, 4) is 0 Å². The van der Waals surface area contributed by atoms with E-state index in [1.54, 1.807) is 12.1 Å². The van der Waals surface area contributed by atoms with Crippen molar-refractivity contribution in [2.24, 2.45) is 5.73 Å². The second-order valence-corrected chi connectivity index (χ2v) is 4.61. The monoisotopic (exact) mass is 290 g/mol. The number of nitrogens with zero attached hydrogens (tertiary/aromatic N) is 1. The van der Waals surface area contributed by atoms with Crippen molar-refractivity contribution in [1.82, 2.24) is 4.90 Å². The molecule has 0 aliphatic carbocycles. The smallest absolute Gasteiger partial charge is 0.338 e. The van der Waals surface area contributed by atoms with E-state index >= 15 is 0 Å². The quantitative estimate of drug-likeness (QED) is 0.605. The van der Waals surface area contributed by atoms with Gasteiger partial charge < -0.3 is 10.5 Å². The van der Waals surface area contributed by atoms with Gasteiger partial charge in [0.05, 0.1) is 12.1 Å². The zero-order chi connectivity index (χ0) is 15.4. The Hall–Kier alpha value is -2.70. The summed E-state index contributed by atoms with van der Waals surface area (Å²) >= 11 is 0. The Bertz CT molecular complexity index is 578. The molecule has 1 aromatic rings. The molecule has 7 heteroatoms. The van der Waals surface area contributed by atoms with Crippen LogP contribution in [0.2, 0.25) is 0 Å². The van der Waals surface area contributed by atoms with Crippen molar-refractivity contribution in [3.05, 3.63) is 35.4 Å². The van der Waals surface area contributed by atoms with Crippen molar-refractivity contribution in [3.63, 3.8) is 0 Å². The standard InChI is InChI=1S/C14H14N2O5/c15-11(17)8-21-14(20)10-3-1-9(2-4-10)7-16-12(18)5-6-13(16)19/h1-4H,5-8H2,(H2,15,17). The molecule has 1 aliphatic heterocycles. The maximum atomic E-state index is 11.6. The van der Waals surface area contributed by atoms with Crippen molar-refractivity contribution < 1.29 is 23.9 Å². The second-order valence-electron chi connectivity index (χ2n) is 4.61. The van der Waals surface area contributed by atoms with Crippen molar-refractivity contribution in [2.75, 3.05) is 6.61 Å². The first-order valence-corrected chi connectivity index (χ1v) is 6.35. The number of benzene rings is 1. The first-order chi connectivity index (χ1) is 9.97. The summed E-state index contributed by atoms with van der Waals surface area (Å²) in [6.45, 7) is -0.286. The normalized spacial score (nSPS) is 14.4. The molecule has 7 nitrogen and oxygen atoms in total. The number of primary amides is 1. The molecular weight excluding hydrogens is 276 g/mol. The lowest BCUT2D eigenvalue weighted by atomic mass is 10.1. The van der Waals surface area contributed by atoms with Gasteiger partial charge >= 0.3 is 5.97 Å². The topological polar surface area (TPSA) is 107 Å². The third kappa shape index (κ3) is 3.65. The first kappa shape index (κ1) is 14.7. The third-order valence-corrected chi connectivity index (χ3v) is 3.03. The van der Waals surface area contributed by atoms with Crippen LogP contribution in [0.25, 0.3) is 0 Å². The SMILES string of the molecule is NC(=O)COC(=O)c1ccc(CN2C(=O)CCC2=O)cc1. The van der Waals surface area contributed by atoms with Crippen molar-refractivity contribution in [1.29, 1.82) is 0 Å². The number of carbonyl (C=O) groups is 4. The molecule has 1 heterocycles. The van der Waals surface area contributed by atoms with Crippen LogP contribution in [0.15, 0.2) is 24.3 Å². The molecule has 1 aromatic carbocycles. The van der Waals surface area contributed by atoms with Gasteiger partial charge in [-0.2, -0.15) is 0 Å². The lowest BCUT2D eigenvalue weighted by molar-refractivity contribution is -0.139. The van der Waals surface area contributed by atoms with Crippen LogP contribution in [0.1, 0.15) is 28.8 Å². The highest BCUT2D eigenvalue weighted by Crippen LogP contribution is 2.16. The summed E-state index contributed by atoms with van der Waals surface area (Å²) in [6.07, 6.45) is 0.493. The summed E-state index contributed by atoms with van der Waals surface area (Å²) in [6, 6.07) is 6.26. The number of hydrogen-bond donors (Lipinski definition) is 1. The van der Waals surface area contributed by atoms with Crippen LogP contribution in [-0.2, 0) is 25.7 Å². The zero-order valence-corrected chi connectivity index (χ0v) is 11.2. The molecule has 0 aromatic heterocycles. The van der Waals surface area contributed by atoms with Gasteiger partial charge in [-0.25, -0.2) is 4.79 Å². The summed E-state index contributed by atoms with van der Waals surface area (Å²) < 4.78 is 4.66. The number of nitrogens with two attached hydrogens (primary N) is 1. The van der Waals surface area contributed by atoms with E-state index in [0.29, 0.717) is 0 Å². The molecule has 0 unspecified atom stereocenters. The highest BCUT2D eigenvalue weighted by molar-refractivity contribution is 6.01. The molecule has 110 valence electrons. The van der Waals surface area contributed by atoms with Gasteiger partial charge in [0.15, 0.2) is 6.61 Å². The zero-order valence-electron chi connectivity index (χ0n) is 11.2. The molecule has 3 amide bonds. The van der Waals surface area contributed by atoms with E-state index in [4.69, 9.17) is 5.73 Å². The van der Waals surface area contributed by atoms with Crippen molar-refractivity contribution in [2.45, 2.75) is 19.4 Å². The molecule has 0 saturated carbocycles. The molecule has 1 aliphatic rings. The Labute approximate surface area is 120 Å². The third-order valence-electron chi connectivity index (χ3n) is 3.03. The molecule has 0 radical (unpaired) electrons. The lowest BCUT2D eigenvalue weighted by Crippen LogP contribution is -2.28. The van der Waals surface area contributed by atoms with Crippen LogP contribution in [0.4, 0.5) is 0 Å². The summed E-state index contributed by atoms with van der Waals surface area (Å²) in [5.74, 6) is -1.77. The molecule has 2 N–H and O–H groups in total. The number of hydrogen-bond acceptors (Lipinski definition) is 5. The predicted molar refractivity (Wildman–Crippen MR) is 70.7 cm³/mol. The van der Waals surface area contributed by atoms with Gasteiger partial charge in [0.25, 0.3) is 5.91 Å². The highest BCUT2D eigenvalue weighted by Gasteiger charge is 2.28. The summed E-state index contributed by atoms with van der Waals surface area (Å²) in [5, 5.41) is 0. The van der Waals surface area contributed by atoms with E-state index in [-0.39, 0.29) is 36.8 Å². The van der Waals surface area contributed by atoms with Gasteiger partial charge in [0, 0.05) is 12.8 Å². The van der Waals surface area contributed by atoms with Gasteiger partial charge in [0.2, 0.25) is 11.8 Å². The molecule has 1 fully saturated rings. The average Bonchev–Trinajstić information content (AvgIpc) is 2.77. The Morgan fingerprint density at radius 2 is 1.67 bits per heavy atom. The van der Waals surface area contributed by atoms with Crippen molar-refractivity contribution >= 4 is 23.7 Å². The predicted octanol–water partition coefficient (Wildman–Crippen LogP) is -0.0223. The molecule has 0 bridgehead atoms. The molecule has 21 heavy (non-hydrogen) atoms. The number of imide groups is 1. The fourth-order valence-electron chi connectivity index (χ4n) is 1.95. The Balaban J connectivity index is 1.98. The molecule has 2 rings (SSSR count). The maximum Gasteiger partial charge on any atom is 0.338 e. The van der Waals surface area contributed by atoms with Gasteiger partial charge in [-0.05, 0) is 17.7 Å². The number of likely N-dealkylation sites (tertiary alicyclic amines) is 1.